The number of nitrogens with zero attached hydrogens (tertiary/aromatic N) is 5. The number of piperazine rings is 1. The van der Waals surface area contributed by atoms with Gasteiger partial charge >= 0.3 is 0 Å². The van der Waals surface area contributed by atoms with Gasteiger partial charge in [0, 0.05) is 61.6 Å². The molecular formula is C30H34N6OS. The Balaban J connectivity index is 1.15. The molecular weight excluding hydrogens is 492 g/mol. The lowest BCUT2D eigenvalue weighted by atomic mass is 10.1. The van der Waals surface area contributed by atoms with E-state index in [-0.39, 0.29) is 12.5 Å². The lowest BCUT2D eigenvalue weighted by Crippen LogP contribution is -2.50. The van der Waals surface area contributed by atoms with E-state index in [4.69, 9.17) is 4.98 Å². The molecule has 196 valence electrons. The molecule has 2 aliphatic heterocycles. The van der Waals surface area contributed by atoms with Crippen molar-refractivity contribution in [2.75, 3.05) is 67.2 Å². The average molecular weight is 527 g/mol. The molecule has 0 unspecified atom stereocenters. The first-order chi connectivity index (χ1) is 18.7. The maximum absolute atomic E-state index is 13.2. The summed E-state index contributed by atoms with van der Waals surface area (Å²) in [7, 11) is 0. The zero-order valence-electron chi connectivity index (χ0n) is 21.8. The topological polar surface area (TPSA) is 56.1 Å². The fraction of sp³-hybridized carbons (Fsp3) is 0.333. The highest BCUT2D eigenvalue weighted by Gasteiger charge is 2.23. The minimum atomic E-state index is 0.115. The smallest absolute Gasteiger partial charge is 0.242 e. The van der Waals surface area contributed by atoms with Gasteiger partial charge in [0.25, 0.3) is 0 Å². The molecule has 0 atom stereocenters. The predicted octanol–water partition coefficient (Wildman–Crippen LogP) is 5.08. The largest absolute Gasteiger partial charge is 0.372 e. The fourth-order valence-corrected chi connectivity index (χ4v) is 6.15. The normalized spacial score (nSPS) is 15.9. The van der Waals surface area contributed by atoms with Crippen molar-refractivity contribution in [2.45, 2.75) is 17.7 Å². The number of rotatable bonds is 7. The molecule has 4 heterocycles. The number of benzene rings is 2. The summed E-state index contributed by atoms with van der Waals surface area (Å²) in [6.45, 7) is 5.62. The number of hydrogen-bond acceptors (Lipinski definition) is 6. The summed E-state index contributed by atoms with van der Waals surface area (Å²) in [6.07, 6.45) is 6.63. The van der Waals surface area contributed by atoms with E-state index in [1.165, 1.54) is 29.1 Å². The van der Waals surface area contributed by atoms with E-state index in [1.54, 1.807) is 11.8 Å². The van der Waals surface area contributed by atoms with Gasteiger partial charge in [-0.2, -0.15) is 0 Å². The number of fused-ring (bicyclic) bond motifs is 1. The van der Waals surface area contributed by atoms with E-state index in [2.05, 4.69) is 69.9 Å². The first-order valence-corrected chi connectivity index (χ1v) is 14.7. The van der Waals surface area contributed by atoms with E-state index in [9.17, 15) is 4.79 Å². The third-order valence-corrected chi connectivity index (χ3v) is 8.39. The van der Waals surface area contributed by atoms with Crippen LogP contribution in [0.1, 0.15) is 12.8 Å². The summed E-state index contributed by atoms with van der Waals surface area (Å²) in [5.74, 6) is 0.972. The van der Waals surface area contributed by atoms with Crippen LogP contribution < -0.4 is 15.1 Å². The number of anilines is 3. The van der Waals surface area contributed by atoms with Gasteiger partial charge in [0.1, 0.15) is 17.2 Å². The fourth-order valence-electron chi connectivity index (χ4n) is 5.53. The van der Waals surface area contributed by atoms with Crippen LogP contribution in [0.25, 0.3) is 16.9 Å². The Morgan fingerprint density at radius 2 is 1.61 bits per heavy atom. The standard InChI is InChI=1S/C30H34N6OS/c1-38-26-9-3-2-8-25(26)34-18-20-35(21-19-34)28(37)22-31-30-29(32-27-10-4-5-17-36(27)30)23-11-13-24(14-12-23)33-15-6-7-16-33/h2-5,8-14,17,31H,6-7,15-16,18-22H2,1H3. The van der Waals surface area contributed by atoms with E-state index in [1.807, 2.05) is 33.7 Å². The van der Waals surface area contributed by atoms with Gasteiger partial charge in [0.2, 0.25) is 5.91 Å². The van der Waals surface area contributed by atoms with Crippen LogP contribution in [-0.2, 0) is 4.79 Å². The SMILES string of the molecule is CSc1ccccc1N1CCN(C(=O)CNc2c(-c3ccc(N4CCCC4)cc3)nc3ccccn23)CC1. The van der Waals surface area contributed by atoms with Crippen molar-refractivity contribution in [3.8, 4) is 11.3 Å². The Labute approximate surface area is 228 Å². The van der Waals surface area contributed by atoms with Crippen molar-refractivity contribution in [2.24, 2.45) is 0 Å². The molecule has 2 saturated heterocycles. The zero-order chi connectivity index (χ0) is 25.9. The van der Waals surface area contributed by atoms with Crippen LogP contribution in [0.15, 0.2) is 77.8 Å². The van der Waals surface area contributed by atoms with Gasteiger partial charge in [0.15, 0.2) is 0 Å². The summed E-state index contributed by atoms with van der Waals surface area (Å²) in [6, 6.07) is 23.2. The number of carbonyl (C=O) groups is 1. The molecule has 0 spiro atoms. The second-order valence-corrected chi connectivity index (χ2v) is 10.7. The Bertz CT molecular complexity index is 1400. The molecule has 0 bridgehead atoms. The summed E-state index contributed by atoms with van der Waals surface area (Å²) in [5, 5.41) is 3.44. The zero-order valence-corrected chi connectivity index (χ0v) is 22.7. The minimum absolute atomic E-state index is 0.115. The number of carbonyl (C=O) groups excluding carboxylic acids is 1. The molecule has 8 heteroatoms. The molecule has 2 aromatic heterocycles. The number of amides is 1. The number of pyridine rings is 1. The summed E-state index contributed by atoms with van der Waals surface area (Å²) >= 11 is 1.77. The van der Waals surface area contributed by atoms with Crippen molar-refractivity contribution >= 4 is 40.5 Å². The Morgan fingerprint density at radius 1 is 0.868 bits per heavy atom. The molecule has 1 amide bonds. The molecule has 2 aliphatic rings. The third-order valence-electron chi connectivity index (χ3n) is 7.61. The highest BCUT2D eigenvalue weighted by atomic mass is 32.2. The molecule has 0 saturated carbocycles. The Morgan fingerprint density at radius 3 is 2.37 bits per heavy atom. The van der Waals surface area contributed by atoms with Crippen LogP contribution >= 0.6 is 11.8 Å². The number of hydrogen-bond donors (Lipinski definition) is 1. The quantitative estimate of drug-likeness (QED) is 0.339. The van der Waals surface area contributed by atoms with Crippen LogP contribution in [0.5, 0.6) is 0 Å². The van der Waals surface area contributed by atoms with Gasteiger partial charge in [0.05, 0.1) is 12.2 Å². The molecule has 4 aromatic rings. The van der Waals surface area contributed by atoms with Crippen molar-refractivity contribution in [3.63, 3.8) is 0 Å². The Hall–Kier alpha value is -3.65. The third kappa shape index (κ3) is 4.92. The summed E-state index contributed by atoms with van der Waals surface area (Å²) < 4.78 is 2.04. The first-order valence-electron chi connectivity index (χ1n) is 13.4. The number of thioether (sulfide) groups is 1. The molecule has 0 aliphatic carbocycles. The van der Waals surface area contributed by atoms with Gasteiger partial charge in [-0.1, -0.05) is 30.3 Å². The predicted molar refractivity (Wildman–Crippen MR) is 158 cm³/mol. The maximum Gasteiger partial charge on any atom is 0.242 e. The van der Waals surface area contributed by atoms with E-state index in [0.717, 1.165) is 62.0 Å². The molecule has 7 nitrogen and oxygen atoms in total. The summed E-state index contributed by atoms with van der Waals surface area (Å²) in [5.41, 5.74) is 5.31. The van der Waals surface area contributed by atoms with Crippen LogP contribution in [0, 0.1) is 0 Å². The maximum atomic E-state index is 13.2. The Kier molecular flexibility index (Phi) is 7.14. The molecule has 2 fully saturated rings. The lowest BCUT2D eigenvalue weighted by molar-refractivity contribution is -0.129. The second-order valence-electron chi connectivity index (χ2n) is 9.87. The van der Waals surface area contributed by atoms with Crippen LogP contribution in [0.4, 0.5) is 17.2 Å². The van der Waals surface area contributed by atoms with Crippen LogP contribution in [0.3, 0.4) is 0 Å². The van der Waals surface area contributed by atoms with Crippen LogP contribution in [0.2, 0.25) is 0 Å². The van der Waals surface area contributed by atoms with Crippen molar-refractivity contribution < 1.29 is 4.79 Å². The van der Waals surface area contributed by atoms with E-state index in [0.29, 0.717) is 0 Å². The number of aromatic nitrogens is 2. The van der Waals surface area contributed by atoms with Gasteiger partial charge in [-0.05, 0) is 55.5 Å². The highest BCUT2D eigenvalue weighted by molar-refractivity contribution is 7.98. The molecule has 0 radical (unpaired) electrons. The van der Waals surface area contributed by atoms with Crippen molar-refractivity contribution in [1.82, 2.24) is 14.3 Å². The van der Waals surface area contributed by atoms with E-state index < -0.39 is 0 Å². The molecule has 38 heavy (non-hydrogen) atoms. The molecule has 2 aromatic carbocycles. The van der Waals surface area contributed by atoms with Crippen molar-refractivity contribution in [1.29, 1.82) is 0 Å². The average Bonchev–Trinajstić information content (AvgIpc) is 3.65. The van der Waals surface area contributed by atoms with Gasteiger partial charge < -0.3 is 20.0 Å². The van der Waals surface area contributed by atoms with Gasteiger partial charge in [-0.15, -0.1) is 11.8 Å². The lowest BCUT2D eigenvalue weighted by Gasteiger charge is -2.37. The summed E-state index contributed by atoms with van der Waals surface area (Å²) in [4.78, 5) is 26.2. The number of para-hydroxylation sites is 1. The number of imidazole rings is 1. The molecule has 1 N–H and O–H groups in total. The molecule has 6 rings (SSSR count). The first kappa shape index (κ1) is 24.7. The van der Waals surface area contributed by atoms with Crippen molar-refractivity contribution in [3.05, 3.63) is 72.9 Å². The monoisotopic (exact) mass is 526 g/mol. The van der Waals surface area contributed by atoms with Gasteiger partial charge in [-0.25, -0.2) is 4.98 Å². The van der Waals surface area contributed by atoms with Gasteiger partial charge in [-0.3, -0.25) is 9.20 Å². The minimum Gasteiger partial charge on any atom is -0.372 e. The number of nitrogens with one attached hydrogen (secondary N) is 1. The van der Waals surface area contributed by atoms with E-state index >= 15 is 0 Å². The highest BCUT2D eigenvalue weighted by Crippen LogP contribution is 2.32. The second kappa shape index (κ2) is 11.0. The van der Waals surface area contributed by atoms with Crippen LogP contribution in [-0.4, -0.2) is 72.3 Å².